The van der Waals surface area contributed by atoms with Crippen LogP contribution in [-0.2, 0) is 4.79 Å². The monoisotopic (exact) mass is 485 g/mol. The lowest BCUT2D eigenvalue weighted by molar-refractivity contribution is -0.211. The SMILES string of the molecule is CCN(C=O)C1(O)CC2=CC[C@H]3[C@@H]4CC[C@H]([C@H](C)CCCC(C)C)[C@@]4(C)CC[C@@H]3[C@@]2(C)CC1(C)C. The molecule has 0 spiro atoms. The van der Waals surface area contributed by atoms with Gasteiger partial charge in [0.2, 0.25) is 6.41 Å². The van der Waals surface area contributed by atoms with E-state index >= 15 is 0 Å². The molecule has 0 heterocycles. The molecular weight excluding hydrogens is 430 g/mol. The van der Waals surface area contributed by atoms with Gasteiger partial charge in [-0.1, -0.05) is 79.4 Å². The summed E-state index contributed by atoms with van der Waals surface area (Å²) in [5.74, 6) is 4.90. The first kappa shape index (κ1) is 27.2. The van der Waals surface area contributed by atoms with Crippen LogP contribution in [-0.4, -0.2) is 28.7 Å². The molecular formula is C32H55NO2. The lowest BCUT2D eigenvalue weighted by atomic mass is 9.44. The molecule has 0 aliphatic heterocycles. The van der Waals surface area contributed by atoms with E-state index in [0.29, 0.717) is 24.3 Å². The van der Waals surface area contributed by atoms with E-state index in [1.54, 1.807) is 4.90 Å². The van der Waals surface area contributed by atoms with Crippen LogP contribution in [0.4, 0.5) is 0 Å². The normalized spacial score (nSPS) is 43.1. The predicted molar refractivity (Wildman–Crippen MR) is 146 cm³/mol. The molecule has 0 saturated heterocycles. The van der Waals surface area contributed by atoms with Crippen molar-refractivity contribution in [2.75, 3.05) is 6.54 Å². The Morgan fingerprint density at radius 2 is 1.80 bits per heavy atom. The van der Waals surface area contributed by atoms with Gasteiger partial charge < -0.3 is 10.0 Å². The molecule has 1 unspecified atom stereocenters. The summed E-state index contributed by atoms with van der Waals surface area (Å²) in [5, 5.41) is 11.9. The summed E-state index contributed by atoms with van der Waals surface area (Å²) >= 11 is 0. The Morgan fingerprint density at radius 3 is 2.43 bits per heavy atom. The van der Waals surface area contributed by atoms with E-state index in [1.807, 2.05) is 6.92 Å². The van der Waals surface area contributed by atoms with Crippen molar-refractivity contribution >= 4 is 6.41 Å². The number of allylic oxidation sites excluding steroid dienone is 1. The summed E-state index contributed by atoms with van der Waals surface area (Å²) in [7, 11) is 0. The third kappa shape index (κ3) is 4.24. The Kier molecular flexibility index (Phi) is 7.37. The zero-order valence-electron chi connectivity index (χ0n) is 24.2. The Balaban J connectivity index is 1.57. The minimum absolute atomic E-state index is 0.142. The molecule has 3 nitrogen and oxygen atoms in total. The molecule has 3 heteroatoms. The van der Waals surface area contributed by atoms with Crippen molar-refractivity contribution in [2.45, 2.75) is 125 Å². The van der Waals surface area contributed by atoms with Gasteiger partial charge in [0.05, 0.1) is 0 Å². The molecule has 1 N–H and O–H groups in total. The Morgan fingerprint density at radius 1 is 1.09 bits per heavy atom. The number of hydrogen-bond donors (Lipinski definition) is 1. The first-order valence-electron chi connectivity index (χ1n) is 15.0. The fraction of sp³-hybridized carbons (Fsp3) is 0.906. The average Bonchev–Trinajstić information content (AvgIpc) is 3.12. The van der Waals surface area contributed by atoms with Crippen LogP contribution in [0.3, 0.4) is 0 Å². The van der Waals surface area contributed by atoms with Gasteiger partial charge in [-0.2, -0.15) is 0 Å². The van der Waals surface area contributed by atoms with Gasteiger partial charge in [0, 0.05) is 18.4 Å². The highest BCUT2D eigenvalue weighted by atomic mass is 16.3. The zero-order chi connectivity index (χ0) is 25.8. The third-order valence-electron chi connectivity index (χ3n) is 12.1. The second-order valence-corrected chi connectivity index (χ2v) is 14.7. The van der Waals surface area contributed by atoms with E-state index in [9.17, 15) is 9.90 Å². The maximum atomic E-state index is 11.9. The van der Waals surface area contributed by atoms with Gasteiger partial charge in [-0.15, -0.1) is 0 Å². The molecule has 3 fully saturated rings. The Bertz CT molecular complexity index is 816. The highest BCUT2D eigenvalue weighted by molar-refractivity contribution is 5.49. The van der Waals surface area contributed by atoms with Crippen molar-refractivity contribution in [1.82, 2.24) is 4.90 Å². The topological polar surface area (TPSA) is 40.5 Å². The summed E-state index contributed by atoms with van der Waals surface area (Å²) in [6, 6.07) is 0. The van der Waals surface area contributed by atoms with Gasteiger partial charge in [-0.05, 0) is 91.8 Å². The van der Waals surface area contributed by atoms with Crippen molar-refractivity contribution in [2.24, 2.45) is 51.8 Å². The van der Waals surface area contributed by atoms with E-state index in [0.717, 1.165) is 42.4 Å². The van der Waals surface area contributed by atoms with Crippen LogP contribution in [0, 0.1) is 51.8 Å². The first-order chi connectivity index (χ1) is 16.3. The summed E-state index contributed by atoms with van der Waals surface area (Å²) in [4.78, 5) is 13.5. The van der Waals surface area contributed by atoms with Crippen LogP contribution >= 0.6 is 0 Å². The second-order valence-electron chi connectivity index (χ2n) is 14.7. The molecule has 4 aliphatic rings. The first-order valence-corrected chi connectivity index (χ1v) is 15.0. The van der Waals surface area contributed by atoms with Gasteiger partial charge in [0.25, 0.3) is 0 Å². The number of carbonyl (C=O) groups excluding carboxylic acids is 1. The average molecular weight is 486 g/mol. The lowest BCUT2D eigenvalue weighted by Crippen LogP contribution is -2.64. The van der Waals surface area contributed by atoms with Crippen LogP contribution in [0.1, 0.15) is 120 Å². The van der Waals surface area contributed by atoms with E-state index in [4.69, 9.17) is 0 Å². The lowest BCUT2D eigenvalue weighted by Gasteiger charge is -2.63. The largest absolute Gasteiger partial charge is 0.370 e. The number of fused-ring (bicyclic) bond motifs is 5. The summed E-state index contributed by atoms with van der Waals surface area (Å²) in [6.07, 6.45) is 15.9. The second kappa shape index (κ2) is 9.48. The molecule has 4 rings (SSSR count). The van der Waals surface area contributed by atoms with E-state index in [1.165, 1.54) is 56.9 Å². The van der Waals surface area contributed by atoms with Gasteiger partial charge in [-0.25, -0.2) is 0 Å². The quantitative estimate of drug-likeness (QED) is 0.216. The van der Waals surface area contributed by atoms with E-state index in [-0.39, 0.29) is 10.8 Å². The molecule has 0 bridgehead atoms. The Hall–Kier alpha value is -0.830. The minimum atomic E-state index is -1.09. The maximum absolute atomic E-state index is 11.9. The van der Waals surface area contributed by atoms with E-state index in [2.05, 4.69) is 54.5 Å². The van der Waals surface area contributed by atoms with Crippen LogP contribution in [0.5, 0.6) is 0 Å². The third-order valence-corrected chi connectivity index (χ3v) is 12.1. The molecule has 1 amide bonds. The number of amides is 1. The van der Waals surface area contributed by atoms with Gasteiger partial charge in [0.1, 0.15) is 5.72 Å². The van der Waals surface area contributed by atoms with E-state index < -0.39 is 5.72 Å². The zero-order valence-corrected chi connectivity index (χ0v) is 24.2. The predicted octanol–water partition coefficient (Wildman–Crippen LogP) is 7.83. The molecule has 8 atom stereocenters. The summed E-state index contributed by atoms with van der Waals surface area (Å²) in [5.41, 5.74) is 0.655. The number of aliphatic hydroxyl groups is 1. The summed E-state index contributed by atoms with van der Waals surface area (Å²) < 4.78 is 0. The fourth-order valence-corrected chi connectivity index (χ4v) is 10.2. The number of hydrogen-bond acceptors (Lipinski definition) is 2. The van der Waals surface area contributed by atoms with Crippen LogP contribution in [0.2, 0.25) is 0 Å². The molecule has 3 saturated carbocycles. The molecule has 0 aromatic rings. The fourth-order valence-electron chi connectivity index (χ4n) is 10.2. The van der Waals surface area contributed by atoms with Crippen LogP contribution in [0.15, 0.2) is 11.6 Å². The van der Waals surface area contributed by atoms with Crippen molar-refractivity contribution in [3.05, 3.63) is 11.6 Å². The standard InChI is InChI=1S/C32H55NO2/c1-9-33(21-34)32(35)19-24-13-14-25-27-16-15-26(23(4)12-10-11-22(2)3)30(27,7)18-17-28(25)31(24,8)20-29(32,5)6/h13,21-23,25-28,35H,9-12,14-20H2,1-8H3/t23-,25+,26-,27+,28+,30-,31+,32?/m1/s1. The number of rotatable bonds is 8. The van der Waals surface area contributed by atoms with Gasteiger partial charge in [0.15, 0.2) is 0 Å². The van der Waals surface area contributed by atoms with Crippen LogP contribution in [0.25, 0.3) is 0 Å². The number of nitrogens with zero attached hydrogens (tertiary/aromatic N) is 1. The summed E-state index contributed by atoms with van der Waals surface area (Å²) in [6.45, 7) is 19.4. The minimum Gasteiger partial charge on any atom is -0.370 e. The highest BCUT2D eigenvalue weighted by Gasteiger charge is 2.63. The maximum Gasteiger partial charge on any atom is 0.211 e. The molecule has 200 valence electrons. The van der Waals surface area contributed by atoms with Gasteiger partial charge in [-0.3, -0.25) is 4.79 Å². The van der Waals surface area contributed by atoms with Crippen LogP contribution < -0.4 is 0 Å². The van der Waals surface area contributed by atoms with Crippen molar-refractivity contribution < 1.29 is 9.90 Å². The molecule has 35 heavy (non-hydrogen) atoms. The molecule has 0 aromatic carbocycles. The van der Waals surface area contributed by atoms with Crippen molar-refractivity contribution in [1.29, 1.82) is 0 Å². The molecule has 4 aliphatic carbocycles. The number of carbonyl (C=O) groups is 1. The molecule has 0 aromatic heterocycles. The van der Waals surface area contributed by atoms with Crippen molar-refractivity contribution in [3.63, 3.8) is 0 Å². The van der Waals surface area contributed by atoms with Gasteiger partial charge >= 0.3 is 0 Å². The highest BCUT2D eigenvalue weighted by Crippen LogP contribution is 2.69. The van der Waals surface area contributed by atoms with Crippen molar-refractivity contribution in [3.8, 4) is 0 Å². The molecule has 0 radical (unpaired) electrons. The smallest absolute Gasteiger partial charge is 0.211 e. The Labute approximate surface area is 216 Å².